The predicted octanol–water partition coefficient (Wildman–Crippen LogP) is 4.45. The molecular formula is C23H29NO6S. The van der Waals surface area contributed by atoms with Gasteiger partial charge in [0.2, 0.25) is 0 Å². The molecule has 0 spiro atoms. The Balaban J connectivity index is 2.29. The minimum Gasteiger partial charge on any atom is -0.490 e. The van der Waals surface area contributed by atoms with Gasteiger partial charge < -0.3 is 14.2 Å². The van der Waals surface area contributed by atoms with Crippen molar-refractivity contribution in [1.82, 2.24) is 4.90 Å². The topological polar surface area (TPSA) is 82.1 Å². The summed E-state index contributed by atoms with van der Waals surface area (Å²) < 4.78 is 16.6. The molecule has 1 aromatic rings. The van der Waals surface area contributed by atoms with Gasteiger partial charge in [0.05, 0.1) is 24.7 Å². The lowest BCUT2D eigenvalue weighted by Crippen LogP contribution is -2.34. The number of thioether (sulfide) groups is 1. The number of hydrogen-bond acceptors (Lipinski definition) is 7. The summed E-state index contributed by atoms with van der Waals surface area (Å²) in [6.45, 7) is 12.1. The van der Waals surface area contributed by atoms with E-state index in [0.29, 0.717) is 36.7 Å². The fourth-order valence-electron chi connectivity index (χ4n) is 2.87. The van der Waals surface area contributed by atoms with Crippen LogP contribution in [0.5, 0.6) is 11.5 Å². The van der Waals surface area contributed by atoms with Crippen LogP contribution in [0.3, 0.4) is 0 Å². The molecule has 1 aliphatic rings. The molecule has 0 aliphatic carbocycles. The molecule has 1 fully saturated rings. The molecule has 1 aromatic carbocycles. The predicted molar refractivity (Wildman–Crippen MR) is 121 cm³/mol. The van der Waals surface area contributed by atoms with Crippen molar-refractivity contribution in [2.24, 2.45) is 5.92 Å². The van der Waals surface area contributed by atoms with Gasteiger partial charge in [-0.05, 0) is 61.7 Å². The maximum absolute atomic E-state index is 12.7. The normalized spacial score (nSPS) is 15.0. The molecule has 168 valence electrons. The summed E-state index contributed by atoms with van der Waals surface area (Å²) in [7, 11) is 0. The molecular weight excluding hydrogens is 418 g/mol. The van der Waals surface area contributed by atoms with Gasteiger partial charge in [0, 0.05) is 5.56 Å². The van der Waals surface area contributed by atoms with Crippen LogP contribution in [0.25, 0.3) is 6.08 Å². The van der Waals surface area contributed by atoms with Crippen LogP contribution in [-0.4, -0.2) is 48.4 Å². The van der Waals surface area contributed by atoms with Crippen LogP contribution >= 0.6 is 11.8 Å². The maximum atomic E-state index is 12.7. The largest absolute Gasteiger partial charge is 0.490 e. The average molecular weight is 448 g/mol. The molecule has 0 saturated carbocycles. The van der Waals surface area contributed by atoms with Gasteiger partial charge in [-0.3, -0.25) is 19.3 Å². The first kappa shape index (κ1) is 24.5. The van der Waals surface area contributed by atoms with Gasteiger partial charge in [-0.25, -0.2) is 0 Å². The molecule has 31 heavy (non-hydrogen) atoms. The molecule has 0 aromatic heterocycles. The highest BCUT2D eigenvalue weighted by Crippen LogP contribution is 2.37. The van der Waals surface area contributed by atoms with E-state index < -0.39 is 23.7 Å². The highest BCUT2D eigenvalue weighted by molar-refractivity contribution is 8.18. The molecule has 0 unspecified atom stereocenters. The SMILES string of the molecule is C=CCc1cc(/C=C2/SC(=O)N(CC(=O)OCC(C)C)C2=O)cc(OCC)c1OCC. The van der Waals surface area contributed by atoms with E-state index in [9.17, 15) is 14.4 Å². The summed E-state index contributed by atoms with van der Waals surface area (Å²) in [5, 5.41) is -0.500. The van der Waals surface area contributed by atoms with Crippen LogP contribution in [-0.2, 0) is 20.7 Å². The van der Waals surface area contributed by atoms with Crippen molar-refractivity contribution in [1.29, 1.82) is 0 Å². The third-order valence-corrected chi connectivity index (χ3v) is 5.05. The molecule has 8 heteroatoms. The van der Waals surface area contributed by atoms with Crippen LogP contribution < -0.4 is 9.47 Å². The van der Waals surface area contributed by atoms with Crippen LogP contribution in [0, 0.1) is 5.92 Å². The standard InChI is InChI=1S/C23H29NO6S/c1-6-9-17-10-16(11-18(28-7-2)21(17)29-8-3)12-19-22(26)24(23(27)31-19)13-20(25)30-14-15(4)5/h6,10-12,15H,1,7-9,13-14H2,2-5H3/b19-12+. The van der Waals surface area contributed by atoms with Crippen molar-refractivity contribution in [2.75, 3.05) is 26.4 Å². The number of allylic oxidation sites excluding steroid dienone is 1. The van der Waals surface area contributed by atoms with Crippen LogP contribution in [0.2, 0.25) is 0 Å². The first-order valence-corrected chi connectivity index (χ1v) is 11.1. The fraction of sp³-hybridized carbons (Fsp3) is 0.435. The van der Waals surface area contributed by atoms with E-state index in [0.717, 1.165) is 22.2 Å². The number of amides is 2. The quantitative estimate of drug-likeness (QED) is 0.282. The van der Waals surface area contributed by atoms with E-state index in [1.165, 1.54) is 0 Å². The number of carbonyl (C=O) groups excluding carboxylic acids is 3. The molecule has 7 nitrogen and oxygen atoms in total. The minimum atomic E-state index is -0.606. The Morgan fingerprint density at radius 1 is 1.19 bits per heavy atom. The number of nitrogens with zero attached hydrogens (tertiary/aromatic N) is 1. The van der Waals surface area contributed by atoms with E-state index in [4.69, 9.17) is 14.2 Å². The smallest absolute Gasteiger partial charge is 0.326 e. The fourth-order valence-corrected chi connectivity index (χ4v) is 3.71. The molecule has 2 amide bonds. The van der Waals surface area contributed by atoms with Crippen molar-refractivity contribution >= 4 is 35.0 Å². The number of benzene rings is 1. The second-order valence-corrected chi connectivity index (χ2v) is 8.20. The average Bonchev–Trinajstić information content (AvgIpc) is 2.96. The highest BCUT2D eigenvalue weighted by Gasteiger charge is 2.36. The molecule has 1 saturated heterocycles. The Labute approximate surface area is 187 Å². The Hall–Kier alpha value is -2.74. The minimum absolute atomic E-state index is 0.169. The van der Waals surface area contributed by atoms with Crippen molar-refractivity contribution < 1.29 is 28.6 Å². The van der Waals surface area contributed by atoms with Crippen LogP contribution in [0.1, 0.15) is 38.8 Å². The lowest BCUT2D eigenvalue weighted by Gasteiger charge is -2.16. The second kappa shape index (κ2) is 11.6. The third kappa shape index (κ3) is 6.62. The van der Waals surface area contributed by atoms with E-state index in [2.05, 4.69) is 6.58 Å². The number of hydrogen-bond donors (Lipinski definition) is 0. The number of ether oxygens (including phenoxy) is 3. The van der Waals surface area contributed by atoms with Crippen molar-refractivity contribution in [3.05, 3.63) is 40.8 Å². The molecule has 0 N–H and O–H groups in total. The van der Waals surface area contributed by atoms with E-state index >= 15 is 0 Å². The summed E-state index contributed by atoms with van der Waals surface area (Å²) in [5.74, 6) is 0.246. The number of rotatable bonds is 11. The van der Waals surface area contributed by atoms with Crippen molar-refractivity contribution in [2.45, 2.75) is 34.1 Å². The first-order valence-electron chi connectivity index (χ1n) is 10.2. The van der Waals surface area contributed by atoms with Gasteiger partial charge in [0.1, 0.15) is 6.54 Å². The second-order valence-electron chi connectivity index (χ2n) is 7.21. The highest BCUT2D eigenvalue weighted by atomic mass is 32.2. The van der Waals surface area contributed by atoms with Crippen LogP contribution in [0.4, 0.5) is 4.79 Å². The summed E-state index contributed by atoms with van der Waals surface area (Å²) in [6.07, 6.45) is 3.93. The summed E-state index contributed by atoms with van der Waals surface area (Å²) in [4.78, 5) is 38.1. The summed E-state index contributed by atoms with van der Waals surface area (Å²) in [5.41, 5.74) is 1.56. The molecule has 2 rings (SSSR count). The van der Waals surface area contributed by atoms with E-state index in [1.807, 2.05) is 33.8 Å². The maximum Gasteiger partial charge on any atom is 0.326 e. The van der Waals surface area contributed by atoms with Crippen LogP contribution in [0.15, 0.2) is 29.7 Å². The van der Waals surface area contributed by atoms with Gasteiger partial charge in [0.25, 0.3) is 11.1 Å². The molecule has 1 heterocycles. The zero-order valence-electron chi connectivity index (χ0n) is 18.4. The lowest BCUT2D eigenvalue weighted by molar-refractivity contribution is -0.147. The van der Waals surface area contributed by atoms with Crippen molar-refractivity contribution in [3.63, 3.8) is 0 Å². The number of carbonyl (C=O) groups is 3. The van der Waals surface area contributed by atoms with E-state index in [-0.39, 0.29) is 17.4 Å². The molecule has 0 atom stereocenters. The van der Waals surface area contributed by atoms with Gasteiger partial charge >= 0.3 is 5.97 Å². The zero-order chi connectivity index (χ0) is 23.0. The Bertz CT molecular complexity index is 877. The molecule has 0 bridgehead atoms. The number of esters is 1. The van der Waals surface area contributed by atoms with Gasteiger partial charge in [-0.1, -0.05) is 19.9 Å². The Morgan fingerprint density at radius 3 is 2.52 bits per heavy atom. The first-order chi connectivity index (χ1) is 14.8. The van der Waals surface area contributed by atoms with Gasteiger partial charge in [-0.2, -0.15) is 0 Å². The number of imide groups is 1. The summed E-state index contributed by atoms with van der Waals surface area (Å²) >= 11 is 0.794. The Morgan fingerprint density at radius 2 is 1.90 bits per heavy atom. The lowest BCUT2D eigenvalue weighted by atomic mass is 10.0. The summed E-state index contributed by atoms with van der Waals surface area (Å²) in [6, 6.07) is 3.64. The van der Waals surface area contributed by atoms with Gasteiger partial charge in [0.15, 0.2) is 11.5 Å². The van der Waals surface area contributed by atoms with Crippen molar-refractivity contribution in [3.8, 4) is 11.5 Å². The van der Waals surface area contributed by atoms with Gasteiger partial charge in [-0.15, -0.1) is 6.58 Å². The molecule has 0 radical (unpaired) electrons. The zero-order valence-corrected chi connectivity index (χ0v) is 19.3. The third-order valence-electron chi connectivity index (χ3n) is 4.14. The van der Waals surface area contributed by atoms with E-state index in [1.54, 1.807) is 18.2 Å². The monoisotopic (exact) mass is 447 g/mol. The molecule has 1 aliphatic heterocycles. The Kier molecular flexibility index (Phi) is 9.18.